The molecule has 1 aromatic carbocycles. The lowest BCUT2D eigenvalue weighted by Crippen LogP contribution is -2.38. The van der Waals surface area contributed by atoms with Gasteiger partial charge in [-0.25, -0.2) is 0 Å². The molecule has 1 heterocycles. The van der Waals surface area contributed by atoms with Crippen LogP contribution in [0.15, 0.2) is 18.2 Å². The van der Waals surface area contributed by atoms with Crippen LogP contribution >= 0.6 is 11.6 Å². The second-order valence-electron chi connectivity index (χ2n) is 4.65. The molecule has 0 aliphatic carbocycles. The summed E-state index contributed by atoms with van der Waals surface area (Å²) in [6, 6.07) is 5.02. The van der Waals surface area contributed by atoms with Crippen LogP contribution in [0.4, 0.5) is 0 Å². The molecule has 1 atom stereocenters. The smallest absolute Gasteiger partial charge is 0.307 e. The summed E-state index contributed by atoms with van der Waals surface area (Å²) in [5.74, 6) is -0.897. The molecule has 98 valence electrons. The van der Waals surface area contributed by atoms with E-state index in [0.717, 1.165) is 19.4 Å². The highest BCUT2D eigenvalue weighted by atomic mass is 35.5. The van der Waals surface area contributed by atoms with Crippen molar-refractivity contribution in [3.63, 3.8) is 0 Å². The number of hydrogen-bond donors (Lipinski definition) is 2. The second-order valence-corrected chi connectivity index (χ2v) is 5.06. The summed E-state index contributed by atoms with van der Waals surface area (Å²) in [4.78, 5) is 13.0. The Labute approximate surface area is 111 Å². The Bertz CT molecular complexity index is 430. The van der Waals surface area contributed by atoms with E-state index < -0.39 is 5.97 Å². The zero-order valence-electron chi connectivity index (χ0n) is 9.97. The molecular weight excluding hydrogens is 254 g/mol. The first-order valence-electron chi connectivity index (χ1n) is 5.99. The van der Waals surface area contributed by atoms with E-state index in [4.69, 9.17) is 16.7 Å². The number of phenols is 1. The van der Waals surface area contributed by atoms with Crippen molar-refractivity contribution in [2.45, 2.75) is 19.4 Å². The van der Waals surface area contributed by atoms with Gasteiger partial charge < -0.3 is 10.2 Å². The van der Waals surface area contributed by atoms with Crippen LogP contribution in [0.1, 0.15) is 18.4 Å². The number of rotatable bonds is 3. The van der Waals surface area contributed by atoms with Crippen LogP contribution in [0.2, 0.25) is 5.02 Å². The van der Waals surface area contributed by atoms with Crippen molar-refractivity contribution in [3.8, 4) is 5.75 Å². The fourth-order valence-corrected chi connectivity index (χ4v) is 2.56. The van der Waals surface area contributed by atoms with E-state index in [1.54, 1.807) is 18.2 Å². The Hall–Kier alpha value is -1.26. The molecule has 1 aliphatic rings. The summed E-state index contributed by atoms with van der Waals surface area (Å²) in [6.07, 6.45) is 1.59. The number of piperidine rings is 1. The van der Waals surface area contributed by atoms with Crippen LogP contribution in [-0.4, -0.2) is 34.2 Å². The summed E-state index contributed by atoms with van der Waals surface area (Å²) in [6.45, 7) is 1.85. The van der Waals surface area contributed by atoms with Gasteiger partial charge in [-0.2, -0.15) is 0 Å². The third-order valence-electron chi connectivity index (χ3n) is 3.33. The summed E-state index contributed by atoms with van der Waals surface area (Å²) < 4.78 is 0. The van der Waals surface area contributed by atoms with Gasteiger partial charge in [-0.05, 0) is 31.5 Å². The van der Waals surface area contributed by atoms with Gasteiger partial charge >= 0.3 is 5.97 Å². The molecule has 18 heavy (non-hydrogen) atoms. The number of benzene rings is 1. The number of aromatic hydroxyl groups is 1. The molecule has 1 saturated heterocycles. The van der Waals surface area contributed by atoms with Gasteiger partial charge in [-0.15, -0.1) is 0 Å². The van der Waals surface area contributed by atoms with E-state index in [1.807, 2.05) is 4.90 Å². The van der Waals surface area contributed by atoms with Gasteiger partial charge in [0.1, 0.15) is 5.75 Å². The Balaban J connectivity index is 2.07. The van der Waals surface area contributed by atoms with E-state index in [9.17, 15) is 9.90 Å². The minimum atomic E-state index is -0.747. The highest BCUT2D eigenvalue weighted by molar-refractivity contribution is 6.31. The molecule has 0 bridgehead atoms. The van der Waals surface area contributed by atoms with Gasteiger partial charge in [0.05, 0.1) is 5.92 Å². The molecule has 1 aromatic rings. The average molecular weight is 270 g/mol. The van der Waals surface area contributed by atoms with E-state index in [-0.39, 0.29) is 11.7 Å². The van der Waals surface area contributed by atoms with Crippen molar-refractivity contribution < 1.29 is 15.0 Å². The minimum Gasteiger partial charge on any atom is -0.508 e. The van der Waals surface area contributed by atoms with Gasteiger partial charge in [-0.3, -0.25) is 9.69 Å². The highest BCUT2D eigenvalue weighted by Crippen LogP contribution is 2.28. The standard InChI is InChI=1S/C13H16ClNO3/c14-11-4-1-5-12(16)10(11)8-15-6-2-3-9(7-15)13(17)18/h1,4-5,9,16H,2-3,6-8H2,(H,17,18). The van der Waals surface area contributed by atoms with Crippen molar-refractivity contribution in [2.75, 3.05) is 13.1 Å². The summed E-state index contributed by atoms with van der Waals surface area (Å²) in [7, 11) is 0. The quantitative estimate of drug-likeness (QED) is 0.884. The Kier molecular flexibility index (Phi) is 4.09. The van der Waals surface area contributed by atoms with Crippen molar-refractivity contribution in [3.05, 3.63) is 28.8 Å². The maximum Gasteiger partial charge on any atom is 0.307 e. The number of likely N-dealkylation sites (tertiary alicyclic amines) is 1. The summed E-state index contributed by atoms with van der Waals surface area (Å²) >= 11 is 6.04. The molecule has 0 radical (unpaired) electrons. The van der Waals surface area contributed by atoms with Crippen LogP contribution in [0, 0.1) is 5.92 Å². The zero-order chi connectivity index (χ0) is 13.1. The first-order chi connectivity index (χ1) is 8.58. The zero-order valence-corrected chi connectivity index (χ0v) is 10.7. The molecule has 1 unspecified atom stereocenters. The van der Waals surface area contributed by atoms with Crippen molar-refractivity contribution >= 4 is 17.6 Å². The van der Waals surface area contributed by atoms with Gasteiger partial charge in [0.15, 0.2) is 0 Å². The molecule has 2 rings (SSSR count). The lowest BCUT2D eigenvalue weighted by molar-refractivity contribution is -0.143. The van der Waals surface area contributed by atoms with E-state index >= 15 is 0 Å². The molecule has 0 spiro atoms. The Morgan fingerprint density at radius 2 is 2.28 bits per heavy atom. The van der Waals surface area contributed by atoms with Gasteiger partial charge in [0.25, 0.3) is 0 Å². The molecule has 1 fully saturated rings. The predicted octanol–water partition coefficient (Wildman–Crippen LogP) is 2.34. The molecular formula is C13H16ClNO3. The van der Waals surface area contributed by atoms with Crippen molar-refractivity contribution in [1.29, 1.82) is 0 Å². The maximum absolute atomic E-state index is 11.0. The Morgan fingerprint density at radius 3 is 2.94 bits per heavy atom. The van der Waals surface area contributed by atoms with Crippen LogP contribution in [0.25, 0.3) is 0 Å². The van der Waals surface area contributed by atoms with Crippen LogP contribution in [-0.2, 0) is 11.3 Å². The third kappa shape index (κ3) is 2.94. The lowest BCUT2D eigenvalue weighted by atomic mass is 9.98. The van der Waals surface area contributed by atoms with Gasteiger partial charge in [-0.1, -0.05) is 17.7 Å². The number of nitrogens with zero attached hydrogens (tertiary/aromatic N) is 1. The number of phenolic OH excluding ortho intramolecular Hbond substituents is 1. The second kappa shape index (κ2) is 5.59. The van der Waals surface area contributed by atoms with E-state index in [1.165, 1.54) is 0 Å². The fourth-order valence-electron chi connectivity index (χ4n) is 2.33. The molecule has 0 aromatic heterocycles. The van der Waals surface area contributed by atoms with E-state index in [0.29, 0.717) is 23.7 Å². The number of aliphatic carboxylic acids is 1. The molecule has 2 N–H and O–H groups in total. The molecule has 5 heteroatoms. The van der Waals surface area contributed by atoms with E-state index in [2.05, 4.69) is 0 Å². The van der Waals surface area contributed by atoms with Crippen LogP contribution < -0.4 is 0 Å². The largest absolute Gasteiger partial charge is 0.508 e. The molecule has 4 nitrogen and oxygen atoms in total. The van der Waals surface area contributed by atoms with Gasteiger partial charge in [0, 0.05) is 23.7 Å². The van der Waals surface area contributed by atoms with Crippen molar-refractivity contribution in [1.82, 2.24) is 4.90 Å². The molecule has 0 amide bonds. The topological polar surface area (TPSA) is 60.8 Å². The van der Waals surface area contributed by atoms with Gasteiger partial charge in [0.2, 0.25) is 0 Å². The summed E-state index contributed by atoms with van der Waals surface area (Å²) in [5, 5.41) is 19.3. The number of carboxylic acid groups (broad SMARTS) is 1. The number of halogens is 1. The first-order valence-corrected chi connectivity index (χ1v) is 6.37. The lowest BCUT2D eigenvalue weighted by Gasteiger charge is -2.30. The normalized spacial score (nSPS) is 20.8. The number of hydrogen-bond acceptors (Lipinski definition) is 3. The maximum atomic E-state index is 11.0. The van der Waals surface area contributed by atoms with Crippen molar-refractivity contribution in [2.24, 2.45) is 5.92 Å². The average Bonchev–Trinajstić information content (AvgIpc) is 2.34. The first kappa shape index (κ1) is 13.2. The molecule has 1 aliphatic heterocycles. The van der Waals surface area contributed by atoms with Crippen LogP contribution in [0.3, 0.4) is 0 Å². The van der Waals surface area contributed by atoms with Crippen LogP contribution in [0.5, 0.6) is 5.75 Å². The molecule has 0 saturated carbocycles. The third-order valence-corrected chi connectivity index (χ3v) is 3.68. The number of carboxylic acids is 1. The highest BCUT2D eigenvalue weighted by Gasteiger charge is 2.26. The SMILES string of the molecule is O=C(O)C1CCCN(Cc2c(O)cccc2Cl)C1. The number of carbonyl (C=O) groups is 1. The predicted molar refractivity (Wildman–Crippen MR) is 68.8 cm³/mol. The Morgan fingerprint density at radius 1 is 1.50 bits per heavy atom. The summed E-state index contributed by atoms with van der Waals surface area (Å²) in [5.41, 5.74) is 0.671. The monoisotopic (exact) mass is 269 g/mol. The fraction of sp³-hybridized carbons (Fsp3) is 0.462. The minimum absolute atomic E-state index is 0.167.